The van der Waals surface area contributed by atoms with E-state index in [0.717, 1.165) is 12.1 Å². The van der Waals surface area contributed by atoms with E-state index in [2.05, 4.69) is 0 Å². The molecule has 0 fully saturated rings. The monoisotopic (exact) mass is 198 g/mol. The van der Waals surface area contributed by atoms with E-state index in [1.54, 1.807) is 0 Å². The maximum atomic E-state index is 13.5. The molecule has 1 aliphatic carbocycles. The highest BCUT2D eigenvalue weighted by molar-refractivity contribution is 5.42. The average Bonchev–Trinajstić information content (AvgIpc) is 2.30. The number of aliphatic hydroxyl groups excluding tert-OH is 1. The van der Waals surface area contributed by atoms with E-state index in [4.69, 9.17) is 0 Å². The maximum Gasteiger partial charge on any atom is 0.129 e. The summed E-state index contributed by atoms with van der Waals surface area (Å²) in [5.41, 5.74) is -0.0269. The van der Waals surface area contributed by atoms with Gasteiger partial charge >= 0.3 is 0 Å². The van der Waals surface area contributed by atoms with Crippen molar-refractivity contribution in [2.75, 3.05) is 0 Å². The zero-order valence-electron chi connectivity index (χ0n) is 8.14. The summed E-state index contributed by atoms with van der Waals surface area (Å²) in [4.78, 5) is 0. The summed E-state index contributed by atoms with van der Waals surface area (Å²) in [6.07, 6.45) is -0.504. The summed E-state index contributed by atoms with van der Waals surface area (Å²) < 4.78 is 26.8. The zero-order valence-corrected chi connectivity index (χ0v) is 8.14. The molecule has 1 aromatic rings. The molecule has 1 aliphatic rings. The smallest absolute Gasteiger partial charge is 0.129 e. The van der Waals surface area contributed by atoms with Crippen LogP contribution >= 0.6 is 0 Å². The molecular formula is C11H12F2O. The third kappa shape index (κ3) is 1.16. The molecule has 14 heavy (non-hydrogen) atoms. The van der Waals surface area contributed by atoms with E-state index in [-0.39, 0.29) is 5.56 Å². The molecule has 1 N–H and O–H groups in total. The molecule has 0 aromatic heterocycles. The van der Waals surface area contributed by atoms with Gasteiger partial charge < -0.3 is 5.11 Å². The van der Waals surface area contributed by atoms with Gasteiger partial charge in [0, 0.05) is 11.1 Å². The van der Waals surface area contributed by atoms with Gasteiger partial charge in [0.25, 0.3) is 0 Å². The largest absolute Gasteiger partial charge is 0.388 e. The highest BCUT2D eigenvalue weighted by Gasteiger charge is 2.40. The summed E-state index contributed by atoms with van der Waals surface area (Å²) in [7, 11) is 0. The van der Waals surface area contributed by atoms with Gasteiger partial charge in [-0.3, -0.25) is 0 Å². The van der Waals surface area contributed by atoms with Crippen molar-refractivity contribution in [1.82, 2.24) is 0 Å². The summed E-state index contributed by atoms with van der Waals surface area (Å²) in [5, 5.41) is 9.62. The highest BCUT2D eigenvalue weighted by Crippen LogP contribution is 2.46. The van der Waals surface area contributed by atoms with Crippen molar-refractivity contribution < 1.29 is 13.9 Å². The first-order valence-electron chi connectivity index (χ1n) is 4.60. The van der Waals surface area contributed by atoms with E-state index in [1.807, 2.05) is 13.8 Å². The SMILES string of the molecule is CC1(C)CC(O)c2c(F)ccc(F)c21. The lowest BCUT2D eigenvalue weighted by Crippen LogP contribution is -2.14. The van der Waals surface area contributed by atoms with Crippen molar-refractivity contribution in [3.63, 3.8) is 0 Å². The fourth-order valence-electron chi connectivity index (χ4n) is 2.27. The maximum absolute atomic E-state index is 13.5. The van der Waals surface area contributed by atoms with Crippen molar-refractivity contribution in [2.45, 2.75) is 31.8 Å². The van der Waals surface area contributed by atoms with Crippen molar-refractivity contribution in [2.24, 2.45) is 0 Å². The van der Waals surface area contributed by atoms with Gasteiger partial charge in [-0.1, -0.05) is 13.8 Å². The lowest BCUT2D eigenvalue weighted by atomic mass is 9.86. The molecule has 0 saturated carbocycles. The number of hydrogen-bond donors (Lipinski definition) is 1. The van der Waals surface area contributed by atoms with Gasteiger partial charge in [-0.2, -0.15) is 0 Å². The number of benzene rings is 1. The quantitative estimate of drug-likeness (QED) is 0.679. The molecule has 0 heterocycles. The molecule has 1 nitrogen and oxygen atoms in total. The molecule has 2 rings (SSSR count). The summed E-state index contributed by atoms with van der Waals surface area (Å²) in [5.74, 6) is -0.942. The summed E-state index contributed by atoms with van der Waals surface area (Å²) in [6.45, 7) is 3.62. The van der Waals surface area contributed by atoms with Gasteiger partial charge in [0.1, 0.15) is 11.6 Å². The molecule has 1 atom stereocenters. The molecule has 0 aliphatic heterocycles. The molecule has 0 spiro atoms. The van der Waals surface area contributed by atoms with E-state index >= 15 is 0 Å². The van der Waals surface area contributed by atoms with Crippen molar-refractivity contribution in [3.05, 3.63) is 34.9 Å². The third-order valence-corrected chi connectivity index (χ3v) is 2.86. The van der Waals surface area contributed by atoms with Crippen LogP contribution in [0.4, 0.5) is 8.78 Å². The summed E-state index contributed by atoms with van der Waals surface area (Å²) in [6, 6.07) is 2.19. The first kappa shape index (κ1) is 9.59. The topological polar surface area (TPSA) is 20.2 Å². The standard InChI is InChI=1S/C11H12F2O/c1-11(2)5-8(14)9-6(12)3-4-7(13)10(9)11/h3-4,8,14H,5H2,1-2H3. The van der Waals surface area contributed by atoms with Crippen LogP contribution in [0, 0.1) is 11.6 Å². The van der Waals surface area contributed by atoms with Crippen LogP contribution in [0.5, 0.6) is 0 Å². The van der Waals surface area contributed by atoms with Gasteiger partial charge in [0.2, 0.25) is 0 Å². The molecule has 3 heteroatoms. The summed E-state index contributed by atoms with van der Waals surface area (Å²) >= 11 is 0. The van der Waals surface area contributed by atoms with Gasteiger partial charge in [-0.05, 0) is 24.0 Å². The van der Waals surface area contributed by atoms with Gasteiger partial charge in [-0.25, -0.2) is 8.78 Å². The normalized spacial score (nSPS) is 23.6. The van der Waals surface area contributed by atoms with Crippen molar-refractivity contribution in [3.8, 4) is 0 Å². The van der Waals surface area contributed by atoms with Crippen LogP contribution in [0.15, 0.2) is 12.1 Å². The van der Waals surface area contributed by atoms with E-state index in [0.29, 0.717) is 12.0 Å². The molecule has 76 valence electrons. The van der Waals surface area contributed by atoms with Crippen molar-refractivity contribution in [1.29, 1.82) is 0 Å². The second kappa shape index (κ2) is 2.76. The predicted octanol–water partition coefficient (Wildman–Crippen LogP) is 2.68. The number of fused-ring (bicyclic) bond motifs is 1. The third-order valence-electron chi connectivity index (χ3n) is 2.86. The first-order valence-corrected chi connectivity index (χ1v) is 4.60. The predicted molar refractivity (Wildman–Crippen MR) is 49.0 cm³/mol. The Morgan fingerprint density at radius 2 is 1.86 bits per heavy atom. The minimum atomic E-state index is -0.879. The molecule has 0 bridgehead atoms. The molecule has 1 unspecified atom stereocenters. The minimum Gasteiger partial charge on any atom is -0.388 e. The van der Waals surface area contributed by atoms with E-state index in [1.165, 1.54) is 0 Å². The van der Waals surface area contributed by atoms with Crippen LogP contribution in [0.3, 0.4) is 0 Å². The lowest BCUT2D eigenvalue weighted by molar-refractivity contribution is 0.158. The van der Waals surface area contributed by atoms with Crippen LogP contribution in [-0.4, -0.2) is 5.11 Å². The lowest BCUT2D eigenvalue weighted by Gasteiger charge is -2.18. The number of halogens is 2. The van der Waals surface area contributed by atoms with Crippen LogP contribution in [0.1, 0.15) is 37.5 Å². The zero-order chi connectivity index (χ0) is 10.5. The molecule has 0 radical (unpaired) electrons. The Morgan fingerprint density at radius 1 is 1.29 bits per heavy atom. The Bertz CT molecular complexity index is 385. The van der Waals surface area contributed by atoms with Crippen LogP contribution in [0.25, 0.3) is 0 Å². The first-order chi connectivity index (χ1) is 6.43. The molecular weight excluding hydrogens is 186 g/mol. The fraction of sp³-hybridized carbons (Fsp3) is 0.455. The Labute approximate surface area is 81.4 Å². The van der Waals surface area contributed by atoms with Crippen LogP contribution in [0.2, 0.25) is 0 Å². The van der Waals surface area contributed by atoms with Gasteiger partial charge in [0.05, 0.1) is 6.10 Å². The van der Waals surface area contributed by atoms with Gasteiger partial charge in [0.15, 0.2) is 0 Å². The molecule has 0 amide bonds. The number of rotatable bonds is 0. The minimum absolute atomic E-state index is 0.134. The van der Waals surface area contributed by atoms with Gasteiger partial charge in [-0.15, -0.1) is 0 Å². The fourth-order valence-corrected chi connectivity index (χ4v) is 2.27. The molecule has 1 aromatic carbocycles. The van der Waals surface area contributed by atoms with Crippen LogP contribution < -0.4 is 0 Å². The Hall–Kier alpha value is -0.960. The Kier molecular flexibility index (Phi) is 1.89. The average molecular weight is 198 g/mol. The second-order valence-corrected chi connectivity index (χ2v) is 4.42. The Morgan fingerprint density at radius 3 is 2.43 bits per heavy atom. The number of hydrogen-bond acceptors (Lipinski definition) is 1. The second-order valence-electron chi connectivity index (χ2n) is 4.42. The number of aliphatic hydroxyl groups is 1. The Balaban J connectivity index is 2.73. The highest BCUT2D eigenvalue weighted by atomic mass is 19.1. The van der Waals surface area contributed by atoms with E-state index in [9.17, 15) is 13.9 Å². The van der Waals surface area contributed by atoms with Crippen molar-refractivity contribution >= 4 is 0 Å². The van der Waals surface area contributed by atoms with E-state index < -0.39 is 23.2 Å². The van der Waals surface area contributed by atoms with Crippen LogP contribution in [-0.2, 0) is 5.41 Å². The molecule has 0 saturated heterocycles.